The molecule has 0 bridgehead atoms. The van der Waals surface area contributed by atoms with Gasteiger partial charge in [-0.1, -0.05) is 0 Å². The summed E-state index contributed by atoms with van der Waals surface area (Å²) in [4.78, 5) is 4.99. The molecule has 0 aromatic heterocycles. The summed E-state index contributed by atoms with van der Waals surface area (Å²) in [5.74, 6) is 0. The number of piperazine rings is 1. The maximum absolute atomic E-state index is 5.37. The molecule has 0 aliphatic carbocycles. The van der Waals surface area contributed by atoms with Crippen LogP contribution in [0.1, 0.15) is 0 Å². The zero-order chi connectivity index (χ0) is 17.3. The van der Waals surface area contributed by atoms with E-state index in [1.54, 1.807) is 0 Å². The zero-order valence-corrected chi connectivity index (χ0v) is 15.2. The van der Waals surface area contributed by atoms with E-state index in [1.165, 1.54) is 5.69 Å². The van der Waals surface area contributed by atoms with E-state index in [2.05, 4.69) is 44.5 Å². The van der Waals surface area contributed by atoms with E-state index in [0.717, 1.165) is 71.3 Å². The van der Waals surface area contributed by atoms with Gasteiger partial charge in [-0.25, -0.2) is 5.01 Å². The second-order valence-corrected chi connectivity index (χ2v) is 7.72. The largest absolute Gasteiger partial charge is 0.372 e. The fourth-order valence-corrected chi connectivity index (χ4v) is 3.58. The molecule has 4 aliphatic heterocycles. The van der Waals surface area contributed by atoms with Crippen molar-refractivity contribution in [1.29, 1.82) is 0 Å². The average Bonchev–Trinajstić information content (AvgIpc) is 3.49. The van der Waals surface area contributed by atoms with Crippen molar-refractivity contribution in [3.8, 4) is 0 Å². The van der Waals surface area contributed by atoms with Crippen LogP contribution in [0.3, 0.4) is 0 Å². The lowest BCUT2D eigenvalue weighted by Gasteiger charge is -2.36. The molecule has 4 heterocycles. The Balaban J connectivity index is 1.13. The Kier molecular flexibility index (Phi) is 4.72. The molecule has 3 atom stereocenters. The van der Waals surface area contributed by atoms with Crippen LogP contribution in [0.2, 0.25) is 0 Å². The molecule has 0 radical (unpaired) electrons. The molecule has 1 aromatic rings. The van der Waals surface area contributed by atoms with Crippen molar-refractivity contribution in [3.63, 3.8) is 0 Å². The number of nitrogens with one attached hydrogen (secondary N) is 1. The zero-order valence-electron chi connectivity index (χ0n) is 15.2. The lowest BCUT2D eigenvalue weighted by atomic mass is 10.2. The maximum atomic E-state index is 5.37. The third kappa shape index (κ3) is 4.66. The summed E-state index contributed by atoms with van der Waals surface area (Å²) in [6.07, 6.45) is 1.24. The quantitative estimate of drug-likeness (QED) is 0.512. The maximum Gasteiger partial charge on any atom is 0.0954 e. The Labute approximate surface area is 154 Å². The predicted octanol–water partition coefficient (Wildman–Crippen LogP) is 0.634. The number of ether oxygens (including phenoxy) is 3. The topological polar surface area (TPSA) is 59.3 Å². The first-order valence-electron chi connectivity index (χ1n) is 9.75. The van der Waals surface area contributed by atoms with Crippen LogP contribution in [0.4, 0.5) is 11.4 Å². The minimum atomic E-state index is 0.373. The number of hydrogen-bond acceptors (Lipinski definition) is 7. The second kappa shape index (κ2) is 7.32. The van der Waals surface area contributed by atoms with E-state index in [1.807, 2.05) is 0 Å². The number of anilines is 2. The second-order valence-electron chi connectivity index (χ2n) is 7.72. The molecule has 1 N–H and O–H groups in total. The summed E-state index contributed by atoms with van der Waals surface area (Å²) in [5, 5.41) is 2.23. The van der Waals surface area contributed by atoms with Crippen LogP contribution >= 0.6 is 0 Å². The van der Waals surface area contributed by atoms with Gasteiger partial charge < -0.3 is 24.5 Å². The van der Waals surface area contributed by atoms with Crippen molar-refractivity contribution in [3.05, 3.63) is 24.3 Å². The number of hydrogen-bond donors (Lipinski definition) is 1. The highest BCUT2D eigenvalue weighted by Gasteiger charge is 2.31. The third-order valence-corrected chi connectivity index (χ3v) is 5.41. The Morgan fingerprint density at radius 1 is 0.846 bits per heavy atom. The number of rotatable bonds is 9. The molecule has 5 rings (SSSR count). The molecule has 7 nitrogen and oxygen atoms in total. The molecule has 4 saturated heterocycles. The highest BCUT2D eigenvalue weighted by molar-refractivity contribution is 5.55. The van der Waals surface area contributed by atoms with E-state index < -0.39 is 0 Å². The lowest BCUT2D eigenvalue weighted by molar-refractivity contribution is 0.230. The Morgan fingerprint density at radius 2 is 1.42 bits per heavy atom. The molecule has 4 fully saturated rings. The van der Waals surface area contributed by atoms with Gasteiger partial charge in [0.1, 0.15) is 0 Å². The van der Waals surface area contributed by atoms with Gasteiger partial charge in [-0.15, -0.1) is 0 Å². The Morgan fingerprint density at radius 3 is 1.96 bits per heavy atom. The van der Waals surface area contributed by atoms with E-state index >= 15 is 0 Å². The summed E-state index contributed by atoms with van der Waals surface area (Å²) in [7, 11) is 0. The van der Waals surface area contributed by atoms with Crippen LogP contribution in [0.5, 0.6) is 0 Å². The fraction of sp³-hybridized carbons (Fsp3) is 0.684. The van der Waals surface area contributed by atoms with Crippen LogP contribution in [0.25, 0.3) is 0 Å². The number of nitrogens with zero attached hydrogens (tertiary/aromatic N) is 3. The lowest BCUT2D eigenvalue weighted by Crippen LogP contribution is -2.47. The molecule has 1 aromatic carbocycles. The summed E-state index contributed by atoms with van der Waals surface area (Å²) < 4.78 is 16.1. The van der Waals surface area contributed by atoms with Gasteiger partial charge >= 0.3 is 0 Å². The first kappa shape index (κ1) is 16.8. The summed E-state index contributed by atoms with van der Waals surface area (Å²) in [6, 6.07) is 8.80. The molecule has 0 saturated carbocycles. The third-order valence-electron chi connectivity index (χ3n) is 5.41. The first-order chi connectivity index (χ1) is 12.8. The smallest absolute Gasteiger partial charge is 0.0954 e. The van der Waals surface area contributed by atoms with Gasteiger partial charge in [0.25, 0.3) is 0 Å². The minimum absolute atomic E-state index is 0.373. The van der Waals surface area contributed by atoms with Gasteiger partial charge in [-0.3, -0.25) is 4.90 Å². The molecule has 4 aliphatic rings. The average molecular weight is 360 g/mol. The van der Waals surface area contributed by atoms with Gasteiger partial charge in [-0.05, 0) is 24.3 Å². The van der Waals surface area contributed by atoms with Crippen molar-refractivity contribution in [1.82, 2.24) is 9.91 Å². The summed E-state index contributed by atoms with van der Waals surface area (Å²) in [6.45, 7) is 10.0. The van der Waals surface area contributed by atoms with Crippen molar-refractivity contribution >= 4 is 11.4 Å². The van der Waals surface area contributed by atoms with Gasteiger partial charge in [0.15, 0.2) is 0 Å². The van der Waals surface area contributed by atoms with Gasteiger partial charge in [0, 0.05) is 57.2 Å². The highest BCUT2D eigenvalue weighted by Crippen LogP contribution is 2.22. The van der Waals surface area contributed by atoms with Crippen LogP contribution in [-0.2, 0) is 14.2 Å². The van der Waals surface area contributed by atoms with Crippen LogP contribution in [-0.4, -0.2) is 93.9 Å². The predicted molar refractivity (Wildman–Crippen MR) is 99.5 cm³/mol. The number of benzene rings is 1. The Hall–Kier alpha value is -1.38. The van der Waals surface area contributed by atoms with Crippen LogP contribution < -0.4 is 10.3 Å². The van der Waals surface area contributed by atoms with Crippen molar-refractivity contribution in [2.24, 2.45) is 0 Å². The normalized spacial score (nSPS) is 30.5. The molecule has 0 spiro atoms. The highest BCUT2D eigenvalue weighted by atomic mass is 16.6. The van der Waals surface area contributed by atoms with Gasteiger partial charge in [0.2, 0.25) is 0 Å². The van der Waals surface area contributed by atoms with Gasteiger partial charge in [-0.2, -0.15) is 0 Å². The SMILES string of the molecule is c1cc(N2CCN(CC3CO3)CC2)ccc1NN(CC1CO1)CC1CO1. The monoisotopic (exact) mass is 360 g/mol. The molecular weight excluding hydrogens is 332 g/mol. The molecule has 26 heavy (non-hydrogen) atoms. The van der Waals surface area contributed by atoms with Crippen LogP contribution in [0, 0.1) is 0 Å². The fourth-order valence-electron chi connectivity index (χ4n) is 3.58. The first-order valence-corrected chi connectivity index (χ1v) is 9.75. The van der Waals surface area contributed by atoms with E-state index in [4.69, 9.17) is 14.2 Å². The molecule has 142 valence electrons. The van der Waals surface area contributed by atoms with Crippen molar-refractivity contribution in [2.75, 3.05) is 76.0 Å². The minimum Gasteiger partial charge on any atom is -0.372 e. The number of hydrazine groups is 1. The van der Waals surface area contributed by atoms with Crippen LogP contribution in [0.15, 0.2) is 24.3 Å². The van der Waals surface area contributed by atoms with Gasteiger partial charge in [0.05, 0.1) is 38.1 Å². The van der Waals surface area contributed by atoms with E-state index in [0.29, 0.717) is 18.3 Å². The van der Waals surface area contributed by atoms with E-state index in [9.17, 15) is 0 Å². The standard InChI is InChI=1S/C19H28N4O3/c1-3-16(22-7-5-21(6-8-22)9-17-12-24-17)4-2-15(1)20-23(10-18-13-25-18)11-19-14-26-19/h1-4,17-20H,5-14H2. The van der Waals surface area contributed by atoms with E-state index in [-0.39, 0.29) is 0 Å². The molecule has 3 unspecified atom stereocenters. The summed E-state index contributed by atoms with van der Waals surface area (Å²) >= 11 is 0. The summed E-state index contributed by atoms with van der Waals surface area (Å²) in [5.41, 5.74) is 5.95. The molecule has 7 heteroatoms. The van der Waals surface area contributed by atoms with Crippen molar-refractivity contribution < 1.29 is 14.2 Å². The molecular formula is C19H28N4O3. The Bertz CT molecular complexity index is 579. The van der Waals surface area contributed by atoms with Crippen molar-refractivity contribution in [2.45, 2.75) is 18.3 Å². The number of epoxide rings is 3. The molecule has 0 amide bonds.